The van der Waals surface area contributed by atoms with E-state index in [1.54, 1.807) is 5.06 Å². The topological polar surface area (TPSA) is 80.4 Å². The van der Waals surface area contributed by atoms with Crippen molar-refractivity contribution in [3.8, 4) is 0 Å². The largest absolute Gasteiger partial charge is 0.352 e. The van der Waals surface area contributed by atoms with Crippen LogP contribution < -0.4 is 9.96 Å². The molecule has 23 heavy (non-hydrogen) atoms. The molecule has 1 aliphatic heterocycles. The van der Waals surface area contributed by atoms with Gasteiger partial charge < -0.3 is 4.90 Å². The zero-order valence-electron chi connectivity index (χ0n) is 12.7. The molecule has 4 rings (SSSR count). The van der Waals surface area contributed by atoms with E-state index in [1.165, 1.54) is 5.56 Å². The Bertz CT molecular complexity index is 800. The van der Waals surface area contributed by atoms with Gasteiger partial charge in [0.25, 0.3) is 0 Å². The lowest BCUT2D eigenvalue weighted by Gasteiger charge is -2.24. The van der Waals surface area contributed by atoms with Crippen LogP contribution in [0.4, 0.5) is 11.6 Å². The summed E-state index contributed by atoms with van der Waals surface area (Å²) in [5, 5.41) is 9.33. The van der Waals surface area contributed by atoms with E-state index in [2.05, 4.69) is 32.4 Å². The van der Waals surface area contributed by atoms with Gasteiger partial charge in [0.15, 0.2) is 11.6 Å². The van der Waals surface area contributed by atoms with Gasteiger partial charge in [-0.15, -0.1) is 0 Å². The van der Waals surface area contributed by atoms with E-state index in [1.807, 2.05) is 30.1 Å². The van der Waals surface area contributed by atoms with Gasteiger partial charge in [-0.05, 0) is 22.3 Å². The Morgan fingerprint density at radius 3 is 2.65 bits per heavy atom. The smallest absolute Gasteiger partial charge is 0.245 e. The number of aromatic nitrogens is 4. The highest BCUT2D eigenvalue weighted by Gasteiger charge is 2.24. The molecule has 0 unspecified atom stereocenters. The molecule has 2 aromatic heterocycles. The third kappa shape index (κ3) is 2.68. The van der Waals surface area contributed by atoms with Crippen LogP contribution in [-0.4, -0.2) is 40.5 Å². The lowest BCUT2D eigenvalue weighted by atomic mass is 10.2. The summed E-state index contributed by atoms with van der Waals surface area (Å²) in [6.45, 7) is 2.16. The van der Waals surface area contributed by atoms with Crippen molar-refractivity contribution in [2.24, 2.45) is 0 Å². The van der Waals surface area contributed by atoms with Crippen molar-refractivity contribution < 1.29 is 9.47 Å². The fourth-order valence-corrected chi connectivity index (χ4v) is 2.59. The van der Waals surface area contributed by atoms with E-state index in [0.717, 1.165) is 13.0 Å². The highest BCUT2D eigenvalue weighted by molar-refractivity contribution is 5.74. The summed E-state index contributed by atoms with van der Waals surface area (Å²) in [6.07, 6.45) is 0.957. The highest BCUT2D eigenvalue weighted by atomic mass is 16.7. The van der Waals surface area contributed by atoms with Crippen LogP contribution in [0.2, 0.25) is 0 Å². The first-order valence-corrected chi connectivity index (χ1v) is 7.47. The Kier molecular flexibility index (Phi) is 3.51. The molecule has 1 saturated heterocycles. The molecule has 0 saturated carbocycles. The van der Waals surface area contributed by atoms with Crippen molar-refractivity contribution in [3.05, 3.63) is 35.9 Å². The van der Waals surface area contributed by atoms with Gasteiger partial charge >= 0.3 is 0 Å². The minimum absolute atomic E-state index is 0.382. The van der Waals surface area contributed by atoms with Crippen LogP contribution in [0.1, 0.15) is 12.0 Å². The van der Waals surface area contributed by atoms with Gasteiger partial charge in [-0.3, -0.25) is 4.84 Å². The molecule has 118 valence electrons. The second kappa shape index (κ2) is 5.81. The highest BCUT2D eigenvalue weighted by Crippen LogP contribution is 2.29. The second-order valence-corrected chi connectivity index (χ2v) is 5.41. The molecule has 1 aliphatic rings. The lowest BCUT2D eigenvalue weighted by molar-refractivity contribution is 0.166. The monoisotopic (exact) mass is 312 g/mol. The number of anilines is 2. The van der Waals surface area contributed by atoms with Crippen LogP contribution in [0.3, 0.4) is 0 Å². The van der Waals surface area contributed by atoms with Crippen LogP contribution in [0.25, 0.3) is 11.3 Å². The van der Waals surface area contributed by atoms with Crippen molar-refractivity contribution >= 4 is 22.9 Å². The fourth-order valence-electron chi connectivity index (χ4n) is 2.59. The van der Waals surface area contributed by atoms with Gasteiger partial charge in [-0.2, -0.15) is 4.98 Å². The number of hydroxylamine groups is 1. The minimum Gasteiger partial charge on any atom is -0.352 e. The predicted octanol–water partition coefficient (Wildman–Crippen LogP) is 1.79. The van der Waals surface area contributed by atoms with Crippen LogP contribution in [0.15, 0.2) is 35.0 Å². The molecule has 3 aromatic rings. The number of hydrogen-bond acceptors (Lipinski definition) is 8. The van der Waals surface area contributed by atoms with E-state index in [-0.39, 0.29) is 0 Å². The molecule has 1 fully saturated rings. The van der Waals surface area contributed by atoms with Crippen molar-refractivity contribution in [2.45, 2.75) is 13.0 Å². The maximum Gasteiger partial charge on any atom is 0.245 e. The SMILES string of the molecule is CN(Cc1ccccc1)c1nc2nonc2nc1N1CCCO1. The quantitative estimate of drug-likeness (QED) is 0.721. The van der Waals surface area contributed by atoms with Crippen LogP contribution >= 0.6 is 0 Å². The average Bonchev–Trinajstić information content (AvgIpc) is 3.25. The van der Waals surface area contributed by atoms with Gasteiger partial charge in [-0.1, -0.05) is 30.3 Å². The number of hydrogen-bond donors (Lipinski definition) is 0. The van der Waals surface area contributed by atoms with E-state index in [0.29, 0.717) is 36.1 Å². The van der Waals surface area contributed by atoms with Gasteiger partial charge in [0.2, 0.25) is 11.3 Å². The third-order valence-corrected chi connectivity index (χ3v) is 3.69. The predicted molar refractivity (Wildman–Crippen MR) is 83.9 cm³/mol. The van der Waals surface area contributed by atoms with Crippen LogP contribution in [0, 0.1) is 0 Å². The maximum atomic E-state index is 5.63. The third-order valence-electron chi connectivity index (χ3n) is 3.69. The zero-order valence-corrected chi connectivity index (χ0v) is 12.7. The Labute approximate surface area is 132 Å². The molecule has 8 nitrogen and oxygen atoms in total. The Hall–Kier alpha value is -2.74. The normalized spacial score (nSPS) is 14.6. The summed E-state index contributed by atoms with van der Waals surface area (Å²) in [5.41, 5.74) is 1.96. The summed E-state index contributed by atoms with van der Waals surface area (Å²) >= 11 is 0. The van der Waals surface area contributed by atoms with Crippen molar-refractivity contribution in [2.75, 3.05) is 30.2 Å². The molecule has 0 amide bonds. The summed E-state index contributed by atoms with van der Waals surface area (Å²) in [5.74, 6) is 1.34. The molecule has 0 N–H and O–H groups in total. The maximum absolute atomic E-state index is 5.63. The minimum atomic E-state index is 0.382. The van der Waals surface area contributed by atoms with Crippen LogP contribution in [0.5, 0.6) is 0 Å². The Morgan fingerprint density at radius 2 is 1.91 bits per heavy atom. The van der Waals surface area contributed by atoms with Gasteiger partial charge in [0, 0.05) is 20.1 Å². The molecule has 0 spiro atoms. The molecule has 0 bridgehead atoms. The van der Waals surface area contributed by atoms with Gasteiger partial charge in [0.05, 0.1) is 6.61 Å². The lowest BCUT2D eigenvalue weighted by Crippen LogP contribution is -2.25. The van der Waals surface area contributed by atoms with Gasteiger partial charge in [0.1, 0.15) is 0 Å². The summed E-state index contributed by atoms with van der Waals surface area (Å²) < 4.78 is 4.73. The van der Waals surface area contributed by atoms with E-state index in [4.69, 9.17) is 9.47 Å². The summed E-state index contributed by atoms with van der Waals surface area (Å²) in [4.78, 5) is 16.7. The first-order chi connectivity index (χ1) is 11.3. The Morgan fingerprint density at radius 1 is 1.13 bits per heavy atom. The average molecular weight is 312 g/mol. The molecule has 0 aliphatic carbocycles. The number of benzene rings is 1. The molecule has 1 aromatic carbocycles. The van der Waals surface area contributed by atoms with Gasteiger partial charge in [-0.25, -0.2) is 14.7 Å². The van der Waals surface area contributed by atoms with Crippen LogP contribution in [-0.2, 0) is 11.4 Å². The van der Waals surface area contributed by atoms with Crippen molar-refractivity contribution in [1.82, 2.24) is 20.3 Å². The van der Waals surface area contributed by atoms with E-state index < -0.39 is 0 Å². The summed E-state index contributed by atoms with van der Waals surface area (Å²) in [7, 11) is 1.97. The van der Waals surface area contributed by atoms with E-state index in [9.17, 15) is 0 Å². The molecular formula is C15H16N6O2. The number of nitrogens with zero attached hydrogens (tertiary/aromatic N) is 6. The number of fused-ring (bicyclic) bond motifs is 1. The van der Waals surface area contributed by atoms with Crippen molar-refractivity contribution in [3.63, 3.8) is 0 Å². The zero-order chi connectivity index (χ0) is 15.6. The first-order valence-electron chi connectivity index (χ1n) is 7.47. The van der Waals surface area contributed by atoms with E-state index >= 15 is 0 Å². The standard InChI is InChI=1S/C15H16N6O2/c1-20(10-11-6-3-2-4-7-11)14-15(21-8-5-9-22-21)17-13-12(16-14)18-23-19-13/h2-4,6-7H,5,8-10H2,1H3. The fraction of sp³-hybridized carbons (Fsp3) is 0.333. The molecule has 0 radical (unpaired) electrons. The first kappa shape index (κ1) is 13.9. The molecule has 3 heterocycles. The number of rotatable bonds is 4. The molecular weight excluding hydrogens is 296 g/mol. The molecule has 0 atom stereocenters. The Balaban J connectivity index is 1.72. The van der Waals surface area contributed by atoms with Crippen molar-refractivity contribution in [1.29, 1.82) is 0 Å². The molecule has 8 heteroatoms. The second-order valence-electron chi connectivity index (χ2n) is 5.41. The summed E-state index contributed by atoms with van der Waals surface area (Å²) in [6, 6.07) is 10.2.